The molecule has 1 aliphatic carbocycles. The van der Waals surface area contributed by atoms with E-state index in [0.29, 0.717) is 0 Å². The summed E-state index contributed by atoms with van der Waals surface area (Å²) in [7, 11) is 0. The molecule has 5 nitrogen and oxygen atoms in total. The van der Waals surface area contributed by atoms with E-state index in [9.17, 15) is 18.4 Å². The average molecular weight is 271 g/mol. The van der Waals surface area contributed by atoms with Crippen LogP contribution < -0.4 is 10.1 Å². The van der Waals surface area contributed by atoms with Gasteiger partial charge >= 0.3 is 12.6 Å². The Morgan fingerprint density at radius 1 is 1.32 bits per heavy atom. The number of carboxylic acids is 1. The molecule has 0 bridgehead atoms. The fourth-order valence-corrected chi connectivity index (χ4v) is 1.67. The summed E-state index contributed by atoms with van der Waals surface area (Å²) < 4.78 is 28.6. The number of para-hydroxylation sites is 2. The molecule has 0 aliphatic heterocycles. The van der Waals surface area contributed by atoms with E-state index < -0.39 is 23.9 Å². The van der Waals surface area contributed by atoms with E-state index in [1.54, 1.807) is 0 Å². The summed E-state index contributed by atoms with van der Waals surface area (Å²) in [6, 6.07) is 5.63. The molecule has 1 aromatic rings. The van der Waals surface area contributed by atoms with Gasteiger partial charge in [0.25, 0.3) is 0 Å². The number of hydrogen-bond donors (Lipinski definition) is 2. The molecule has 0 radical (unpaired) electrons. The third-order valence-electron chi connectivity index (χ3n) is 2.95. The summed E-state index contributed by atoms with van der Waals surface area (Å²) in [5, 5.41) is 11.3. The lowest BCUT2D eigenvalue weighted by molar-refractivity contribution is -0.147. The number of rotatable bonds is 5. The molecule has 7 heteroatoms. The maximum absolute atomic E-state index is 12.2. The normalized spacial score (nSPS) is 15.9. The van der Waals surface area contributed by atoms with Crippen LogP contribution in [0, 0.1) is 5.41 Å². The van der Waals surface area contributed by atoms with Crippen LogP contribution in [0.15, 0.2) is 24.3 Å². The van der Waals surface area contributed by atoms with Gasteiger partial charge in [0.2, 0.25) is 5.91 Å². The first kappa shape index (κ1) is 13.3. The van der Waals surface area contributed by atoms with Crippen molar-refractivity contribution < 1.29 is 28.2 Å². The van der Waals surface area contributed by atoms with Gasteiger partial charge in [-0.3, -0.25) is 9.59 Å². The molecule has 0 unspecified atom stereocenters. The van der Waals surface area contributed by atoms with Crippen LogP contribution in [0.2, 0.25) is 0 Å². The highest BCUT2D eigenvalue weighted by atomic mass is 19.3. The number of benzene rings is 1. The fourth-order valence-electron chi connectivity index (χ4n) is 1.67. The van der Waals surface area contributed by atoms with Gasteiger partial charge in [-0.1, -0.05) is 12.1 Å². The Morgan fingerprint density at radius 2 is 1.95 bits per heavy atom. The summed E-state index contributed by atoms with van der Waals surface area (Å²) in [5.74, 6) is -2.13. The number of carboxylic acid groups (broad SMARTS) is 1. The third kappa shape index (κ3) is 2.64. The highest BCUT2D eigenvalue weighted by Crippen LogP contribution is 2.47. The lowest BCUT2D eigenvalue weighted by Crippen LogP contribution is -2.31. The second-order valence-electron chi connectivity index (χ2n) is 4.22. The predicted molar refractivity (Wildman–Crippen MR) is 61.0 cm³/mol. The minimum Gasteiger partial charge on any atom is -0.480 e. The van der Waals surface area contributed by atoms with Gasteiger partial charge in [-0.05, 0) is 25.0 Å². The Morgan fingerprint density at radius 3 is 2.47 bits per heavy atom. The number of nitrogens with one attached hydrogen (secondary N) is 1. The molecule has 1 aliphatic rings. The van der Waals surface area contributed by atoms with Crippen molar-refractivity contribution in [1.82, 2.24) is 0 Å². The van der Waals surface area contributed by atoms with Gasteiger partial charge in [0.1, 0.15) is 11.2 Å². The molecule has 1 aromatic carbocycles. The van der Waals surface area contributed by atoms with Gasteiger partial charge in [0.05, 0.1) is 5.69 Å². The highest BCUT2D eigenvalue weighted by Gasteiger charge is 2.57. The number of hydrogen-bond acceptors (Lipinski definition) is 3. The highest BCUT2D eigenvalue weighted by molar-refractivity contribution is 6.11. The minimum absolute atomic E-state index is 0.0281. The van der Waals surface area contributed by atoms with Crippen LogP contribution in [-0.2, 0) is 9.59 Å². The molecular formula is C12H11F2NO4. The van der Waals surface area contributed by atoms with Gasteiger partial charge < -0.3 is 15.2 Å². The number of halogens is 2. The number of carbonyl (C=O) groups is 2. The standard InChI is InChI=1S/C12H11F2NO4/c13-11(14)19-8-4-2-1-3-7(8)15-9(16)12(5-6-12)10(17)18/h1-4,11H,5-6H2,(H,15,16)(H,17,18). The molecule has 0 aromatic heterocycles. The second-order valence-corrected chi connectivity index (χ2v) is 4.22. The van der Waals surface area contributed by atoms with Crippen molar-refractivity contribution in [2.45, 2.75) is 19.5 Å². The number of anilines is 1. The van der Waals surface area contributed by atoms with Gasteiger partial charge in [0.15, 0.2) is 0 Å². The Balaban J connectivity index is 2.15. The second kappa shape index (κ2) is 4.83. The Bertz CT molecular complexity index is 514. The van der Waals surface area contributed by atoms with Crippen molar-refractivity contribution in [2.75, 3.05) is 5.32 Å². The molecule has 0 spiro atoms. The first-order valence-corrected chi connectivity index (χ1v) is 5.54. The maximum Gasteiger partial charge on any atom is 0.387 e. The van der Waals surface area contributed by atoms with Gasteiger partial charge in [-0.15, -0.1) is 0 Å². The van der Waals surface area contributed by atoms with Crippen molar-refractivity contribution in [1.29, 1.82) is 0 Å². The summed E-state index contributed by atoms with van der Waals surface area (Å²) in [5.41, 5.74) is -1.40. The van der Waals surface area contributed by atoms with Crippen LogP contribution in [-0.4, -0.2) is 23.6 Å². The molecular weight excluding hydrogens is 260 g/mol. The van der Waals surface area contributed by atoms with Crippen molar-refractivity contribution in [3.63, 3.8) is 0 Å². The van der Waals surface area contributed by atoms with Crippen LogP contribution >= 0.6 is 0 Å². The van der Waals surface area contributed by atoms with Crippen LogP contribution in [0.1, 0.15) is 12.8 Å². The van der Waals surface area contributed by atoms with Crippen LogP contribution in [0.3, 0.4) is 0 Å². The number of alkyl halides is 2. The van der Waals surface area contributed by atoms with Crippen LogP contribution in [0.4, 0.5) is 14.5 Å². The lowest BCUT2D eigenvalue weighted by Gasteiger charge is -2.14. The van der Waals surface area contributed by atoms with E-state index in [4.69, 9.17) is 5.11 Å². The maximum atomic E-state index is 12.2. The zero-order valence-corrected chi connectivity index (χ0v) is 9.73. The van der Waals surface area contributed by atoms with Crippen molar-refractivity contribution >= 4 is 17.6 Å². The summed E-state index contributed by atoms with van der Waals surface area (Å²) in [6.07, 6.45) is 0.484. The first-order chi connectivity index (χ1) is 8.95. The Labute approximate surface area is 107 Å². The van der Waals surface area contributed by atoms with E-state index in [1.165, 1.54) is 24.3 Å². The smallest absolute Gasteiger partial charge is 0.387 e. The molecule has 1 saturated carbocycles. The van der Waals surface area contributed by atoms with Gasteiger partial charge in [-0.25, -0.2) is 0 Å². The molecule has 0 saturated heterocycles. The lowest BCUT2D eigenvalue weighted by atomic mass is 10.1. The van der Waals surface area contributed by atoms with Gasteiger partial charge in [0, 0.05) is 0 Å². The molecule has 1 amide bonds. The Kier molecular flexibility index (Phi) is 3.37. The average Bonchev–Trinajstić information content (AvgIpc) is 3.12. The number of amides is 1. The SMILES string of the molecule is O=C(O)C1(C(=O)Nc2ccccc2OC(F)F)CC1. The molecule has 19 heavy (non-hydrogen) atoms. The molecule has 0 heterocycles. The number of carbonyl (C=O) groups excluding carboxylic acids is 1. The third-order valence-corrected chi connectivity index (χ3v) is 2.95. The quantitative estimate of drug-likeness (QED) is 0.804. The predicted octanol–water partition coefficient (Wildman–Crippen LogP) is 2.09. The van der Waals surface area contributed by atoms with Crippen LogP contribution in [0.25, 0.3) is 0 Å². The van der Waals surface area contributed by atoms with E-state index in [1.807, 2.05) is 0 Å². The van der Waals surface area contributed by atoms with E-state index in [2.05, 4.69) is 10.1 Å². The van der Waals surface area contributed by atoms with Crippen molar-refractivity contribution in [2.24, 2.45) is 5.41 Å². The first-order valence-electron chi connectivity index (χ1n) is 5.54. The van der Waals surface area contributed by atoms with E-state index >= 15 is 0 Å². The topological polar surface area (TPSA) is 75.6 Å². The molecule has 2 rings (SSSR count). The van der Waals surface area contributed by atoms with Crippen molar-refractivity contribution in [3.8, 4) is 5.75 Å². The molecule has 1 fully saturated rings. The molecule has 102 valence electrons. The number of aliphatic carboxylic acids is 1. The van der Waals surface area contributed by atoms with E-state index in [0.717, 1.165) is 0 Å². The van der Waals surface area contributed by atoms with Crippen molar-refractivity contribution in [3.05, 3.63) is 24.3 Å². The zero-order valence-electron chi connectivity index (χ0n) is 9.73. The monoisotopic (exact) mass is 271 g/mol. The van der Waals surface area contributed by atoms with Gasteiger partial charge in [-0.2, -0.15) is 8.78 Å². The largest absolute Gasteiger partial charge is 0.480 e. The molecule has 0 atom stereocenters. The zero-order chi connectivity index (χ0) is 14.0. The minimum atomic E-state index is -3.02. The summed E-state index contributed by atoms with van der Waals surface area (Å²) in [6.45, 7) is -3.02. The van der Waals surface area contributed by atoms with Crippen LogP contribution in [0.5, 0.6) is 5.75 Å². The summed E-state index contributed by atoms with van der Waals surface area (Å²) in [4.78, 5) is 22.8. The fraction of sp³-hybridized carbons (Fsp3) is 0.333. The Hall–Kier alpha value is -2.18. The number of ether oxygens (including phenoxy) is 1. The molecule has 2 N–H and O–H groups in total. The summed E-state index contributed by atoms with van der Waals surface area (Å²) >= 11 is 0. The van der Waals surface area contributed by atoms with E-state index in [-0.39, 0.29) is 24.3 Å².